The van der Waals surface area contributed by atoms with Crippen LogP contribution in [0.4, 0.5) is 0 Å². The van der Waals surface area contributed by atoms with E-state index < -0.39 is 10.0 Å². The predicted octanol–water partition coefficient (Wildman–Crippen LogP) is 2.43. The normalized spacial score (nSPS) is 23.1. The Hall–Kier alpha value is -0.660. The maximum atomic E-state index is 12.3. The number of nitrogens with one attached hydrogen (secondary N) is 1. The molecule has 0 amide bonds. The second-order valence-corrected chi connectivity index (χ2v) is 8.34. The van der Waals surface area contributed by atoms with Crippen molar-refractivity contribution in [3.63, 3.8) is 0 Å². The van der Waals surface area contributed by atoms with Gasteiger partial charge in [0.15, 0.2) is 0 Å². The second-order valence-electron chi connectivity index (χ2n) is 6.20. The zero-order chi connectivity index (χ0) is 17.0. The van der Waals surface area contributed by atoms with Crippen LogP contribution < -0.4 is 4.72 Å². The van der Waals surface area contributed by atoms with Crippen LogP contribution in [0.25, 0.3) is 0 Å². The molecule has 0 aliphatic carbocycles. The van der Waals surface area contributed by atoms with E-state index in [0.29, 0.717) is 6.54 Å². The van der Waals surface area contributed by atoms with Gasteiger partial charge in [0, 0.05) is 19.6 Å². The van der Waals surface area contributed by atoms with E-state index >= 15 is 0 Å². The highest BCUT2D eigenvalue weighted by atomic mass is 35.5. The smallest absolute Gasteiger partial charge is 0.242 e. The van der Waals surface area contributed by atoms with Gasteiger partial charge in [-0.05, 0) is 51.4 Å². The molecule has 0 saturated carbocycles. The lowest BCUT2D eigenvalue weighted by Gasteiger charge is -2.35. The Morgan fingerprint density at radius 2 is 1.96 bits per heavy atom. The summed E-state index contributed by atoms with van der Waals surface area (Å²) < 4.78 is 32.9. The van der Waals surface area contributed by atoms with Gasteiger partial charge >= 0.3 is 0 Å². The molecule has 1 fully saturated rings. The lowest BCUT2D eigenvalue weighted by Crippen LogP contribution is -2.46. The number of sulfonamides is 1. The van der Waals surface area contributed by atoms with Gasteiger partial charge in [0.2, 0.25) is 10.0 Å². The van der Waals surface area contributed by atoms with Gasteiger partial charge in [-0.2, -0.15) is 0 Å². The van der Waals surface area contributed by atoms with Crippen molar-refractivity contribution in [1.29, 1.82) is 0 Å². The van der Waals surface area contributed by atoms with Crippen molar-refractivity contribution in [3.8, 4) is 0 Å². The molecule has 130 valence electrons. The van der Waals surface area contributed by atoms with Crippen LogP contribution in [0.15, 0.2) is 23.1 Å². The van der Waals surface area contributed by atoms with E-state index in [1.54, 1.807) is 18.2 Å². The van der Waals surface area contributed by atoms with Gasteiger partial charge in [-0.3, -0.25) is 4.90 Å². The molecule has 1 saturated heterocycles. The van der Waals surface area contributed by atoms with Gasteiger partial charge in [0.1, 0.15) is 4.90 Å². The van der Waals surface area contributed by atoms with Gasteiger partial charge in [-0.25, -0.2) is 13.1 Å². The number of benzene rings is 1. The van der Waals surface area contributed by atoms with E-state index in [-0.39, 0.29) is 22.1 Å². The molecule has 0 spiro atoms. The lowest BCUT2D eigenvalue weighted by molar-refractivity contribution is -0.0679. The molecule has 0 radical (unpaired) electrons. The standard InChI is InChI=1S/C16H25ClN2O3S/c1-12-5-6-16(15(17)9-12)23(20,21)18-7-4-8-19-10-13(2)22-14(3)11-19/h5-6,9,13-14,18H,4,7-8,10-11H2,1-3H3. The minimum atomic E-state index is -3.56. The first-order valence-corrected chi connectivity index (χ1v) is 9.77. The molecule has 2 rings (SSSR count). The summed E-state index contributed by atoms with van der Waals surface area (Å²) in [4.78, 5) is 2.45. The van der Waals surface area contributed by atoms with Crippen molar-refractivity contribution in [2.45, 2.75) is 44.3 Å². The zero-order valence-corrected chi connectivity index (χ0v) is 15.5. The van der Waals surface area contributed by atoms with Gasteiger partial charge in [-0.15, -0.1) is 0 Å². The Bertz CT molecular complexity index is 626. The summed E-state index contributed by atoms with van der Waals surface area (Å²) in [6, 6.07) is 4.95. The fraction of sp³-hybridized carbons (Fsp3) is 0.625. The van der Waals surface area contributed by atoms with E-state index in [2.05, 4.69) is 23.5 Å². The molecule has 0 bridgehead atoms. The minimum absolute atomic E-state index is 0.137. The minimum Gasteiger partial charge on any atom is -0.373 e. The van der Waals surface area contributed by atoms with Gasteiger partial charge in [0.25, 0.3) is 0 Å². The van der Waals surface area contributed by atoms with Gasteiger partial charge in [0.05, 0.1) is 17.2 Å². The number of hydrogen-bond donors (Lipinski definition) is 1. The summed E-state index contributed by atoms with van der Waals surface area (Å²) in [5, 5.41) is 0.258. The first-order valence-electron chi connectivity index (χ1n) is 7.91. The second kappa shape index (κ2) is 7.94. The van der Waals surface area contributed by atoms with E-state index in [0.717, 1.165) is 31.6 Å². The number of halogens is 1. The van der Waals surface area contributed by atoms with Crippen molar-refractivity contribution in [2.24, 2.45) is 0 Å². The summed E-state index contributed by atoms with van der Waals surface area (Å²) >= 11 is 6.04. The fourth-order valence-corrected chi connectivity index (χ4v) is 4.55. The number of hydrogen-bond acceptors (Lipinski definition) is 4. The SMILES string of the molecule is Cc1ccc(S(=O)(=O)NCCCN2CC(C)OC(C)C2)c(Cl)c1. The highest BCUT2D eigenvalue weighted by Crippen LogP contribution is 2.22. The third-order valence-electron chi connectivity index (χ3n) is 3.82. The quantitative estimate of drug-likeness (QED) is 0.791. The molecule has 2 atom stereocenters. The molecule has 1 aliphatic rings. The summed E-state index contributed by atoms with van der Waals surface area (Å²) in [7, 11) is -3.56. The number of rotatable bonds is 6. The number of aryl methyl sites for hydroxylation is 1. The zero-order valence-electron chi connectivity index (χ0n) is 13.9. The summed E-state index contributed by atoms with van der Waals surface area (Å²) in [5.41, 5.74) is 0.935. The molecule has 1 aliphatic heterocycles. The lowest BCUT2D eigenvalue weighted by atomic mass is 10.2. The molecule has 23 heavy (non-hydrogen) atoms. The molecular formula is C16H25ClN2O3S. The fourth-order valence-electron chi connectivity index (χ4n) is 2.88. The first-order chi connectivity index (χ1) is 10.8. The van der Waals surface area contributed by atoms with Crippen LogP contribution in [0, 0.1) is 6.92 Å². The molecule has 2 unspecified atom stereocenters. The van der Waals surface area contributed by atoms with Crippen LogP contribution in [0.1, 0.15) is 25.8 Å². The average molecular weight is 361 g/mol. The molecular weight excluding hydrogens is 336 g/mol. The highest BCUT2D eigenvalue weighted by molar-refractivity contribution is 7.89. The maximum absolute atomic E-state index is 12.3. The highest BCUT2D eigenvalue weighted by Gasteiger charge is 2.22. The molecule has 5 nitrogen and oxygen atoms in total. The average Bonchev–Trinajstić information content (AvgIpc) is 2.42. The molecule has 1 heterocycles. The summed E-state index contributed by atoms with van der Waals surface area (Å²) in [6.07, 6.45) is 1.20. The van der Waals surface area contributed by atoms with Crippen LogP contribution in [0.5, 0.6) is 0 Å². The van der Waals surface area contributed by atoms with Crippen LogP contribution in [-0.2, 0) is 14.8 Å². The molecule has 7 heteroatoms. The Labute approximate surface area is 144 Å². The predicted molar refractivity (Wildman–Crippen MR) is 92.4 cm³/mol. The Kier molecular flexibility index (Phi) is 6.45. The monoisotopic (exact) mass is 360 g/mol. The van der Waals surface area contributed by atoms with Crippen molar-refractivity contribution in [1.82, 2.24) is 9.62 Å². The largest absolute Gasteiger partial charge is 0.373 e. The van der Waals surface area contributed by atoms with Crippen LogP contribution in [0.3, 0.4) is 0 Å². The molecule has 0 aromatic heterocycles. The summed E-state index contributed by atoms with van der Waals surface area (Å²) in [5.74, 6) is 0. The molecule has 1 aromatic carbocycles. The molecule has 1 N–H and O–H groups in total. The van der Waals surface area contributed by atoms with Crippen molar-refractivity contribution >= 4 is 21.6 Å². The third kappa shape index (κ3) is 5.43. The van der Waals surface area contributed by atoms with Crippen molar-refractivity contribution < 1.29 is 13.2 Å². The Morgan fingerprint density at radius 3 is 2.57 bits per heavy atom. The third-order valence-corrected chi connectivity index (χ3v) is 5.76. The van der Waals surface area contributed by atoms with E-state index in [4.69, 9.17) is 16.3 Å². The number of ether oxygens (including phenoxy) is 1. The van der Waals surface area contributed by atoms with Crippen LogP contribution in [-0.4, -0.2) is 51.7 Å². The Balaban J connectivity index is 1.83. The number of nitrogens with zero attached hydrogens (tertiary/aromatic N) is 1. The van der Waals surface area contributed by atoms with E-state index in [1.807, 2.05) is 6.92 Å². The summed E-state index contributed by atoms with van der Waals surface area (Å²) in [6.45, 7) is 9.02. The van der Waals surface area contributed by atoms with Crippen LogP contribution >= 0.6 is 11.6 Å². The van der Waals surface area contributed by atoms with Gasteiger partial charge < -0.3 is 4.74 Å². The van der Waals surface area contributed by atoms with Crippen molar-refractivity contribution in [2.75, 3.05) is 26.2 Å². The van der Waals surface area contributed by atoms with Crippen LogP contribution in [0.2, 0.25) is 5.02 Å². The van der Waals surface area contributed by atoms with Gasteiger partial charge in [-0.1, -0.05) is 17.7 Å². The van der Waals surface area contributed by atoms with Crippen molar-refractivity contribution in [3.05, 3.63) is 28.8 Å². The molecule has 1 aromatic rings. The maximum Gasteiger partial charge on any atom is 0.242 e. The first kappa shape index (κ1) is 18.7. The van der Waals surface area contributed by atoms with E-state index in [1.165, 1.54) is 0 Å². The topological polar surface area (TPSA) is 58.6 Å². The Morgan fingerprint density at radius 1 is 1.30 bits per heavy atom. The number of morpholine rings is 1. The van der Waals surface area contributed by atoms with E-state index in [9.17, 15) is 8.42 Å².